The van der Waals surface area contributed by atoms with E-state index in [9.17, 15) is 4.79 Å². The highest BCUT2D eigenvalue weighted by atomic mass is 16.1. The van der Waals surface area contributed by atoms with E-state index < -0.39 is 0 Å². The molecule has 4 rings (SSSR count). The maximum atomic E-state index is 12.7. The number of pyridine rings is 1. The second kappa shape index (κ2) is 7.14. The molecule has 0 saturated carbocycles. The number of carbonyl (C=O) groups is 1. The number of amides is 1. The second-order valence-corrected chi connectivity index (χ2v) is 6.80. The number of rotatable bonds is 3. The van der Waals surface area contributed by atoms with Crippen LogP contribution in [0.15, 0.2) is 60.7 Å². The van der Waals surface area contributed by atoms with Crippen molar-refractivity contribution >= 4 is 28.2 Å². The Balaban J connectivity index is 1.57. The lowest BCUT2D eigenvalue weighted by Crippen LogP contribution is -3.12. The summed E-state index contributed by atoms with van der Waals surface area (Å²) in [5, 5.41) is 4.08. The fourth-order valence-electron chi connectivity index (χ4n) is 3.36. The molecule has 0 aliphatic carbocycles. The SMILES string of the molecule is C[NH+]1CCN(c2ccccc2NC(=O)c2ccc3ccccc3n2)CC1. The monoisotopic (exact) mass is 347 g/mol. The van der Waals surface area contributed by atoms with Crippen molar-refractivity contribution in [2.75, 3.05) is 43.4 Å². The molecule has 1 amide bonds. The smallest absolute Gasteiger partial charge is 0.274 e. The fraction of sp³-hybridized carbons (Fsp3) is 0.238. The summed E-state index contributed by atoms with van der Waals surface area (Å²) in [6.07, 6.45) is 0. The number of hydrogen-bond donors (Lipinski definition) is 2. The highest BCUT2D eigenvalue weighted by molar-refractivity contribution is 6.05. The number of carbonyl (C=O) groups excluding carboxylic acids is 1. The van der Waals surface area contributed by atoms with Crippen LogP contribution in [0.4, 0.5) is 11.4 Å². The third kappa shape index (κ3) is 3.39. The van der Waals surface area contributed by atoms with Gasteiger partial charge in [-0.25, -0.2) is 4.98 Å². The molecule has 0 atom stereocenters. The lowest BCUT2D eigenvalue weighted by Gasteiger charge is -2.32. The van der Waals surface area contributed by atoms with Gasteiger partial charge in [-0.3, -0.25) is 4.79 Å². The Bertz CT molecular complexity index is 932. The fourth-order valence-corrected chi connectivity index (χ4v) is 3.36. The Morgan fingerprint density at radius 2 is 1.73 bits per heavy atom. The standard InChI is InChI=1S/C21H22N4O/c1-24-12-14-25(15-13-24)20-9-5-4-8-18(20)23-21(26)19-11-10-16-6-2-3-7-17(16)22-19/h2-11H,12-15H2,1H3,(H,23,26)/p+1. The summed E-state index contributed by atoms with van der Waals surface area (Å²) in [4.78, 5) is 21.1. The van der Waals surface area contributed by atoms with E-state index in [1.54, 1.807) is 11.0 Å². The molecule has 1 fully saturated rings. The first-order valence-corrected chi connectivity index (χ1v) is 9.03. The van der Waals surface area contributed by atoms with Gasteiger partial charge in [0.2, 0.25) is 0 Å². The van der Waals surface area contributed by atoms with Gasteiger partial charge >= 0.3 is 0 Å². The molecule has 1 aliphatic rings. The predicted molar refractivity (Wildman–Crippen MR) is 105 cm³/mol. The third-order valence-corrected chi connectivity index (χ3v) is 4.94. The first kappa shape index (κ1) is 16.5. The zero-order chi connectivity index (χ0) is 17.9. The number of quaternary nitrogens is 1. The Labute approximate surface area is 153 Å². The number of anilines is 2. The summed E-state index contributed by atoms with van der Waals surface area (Å²) < 4.78 is 0. The molecule has 5 heteroatoms. The van der Waals surface area contributed by atoms with Crippen molar-refractivity contribution in [1.29, 1.82) is 0 Å². The number of piperazine rings is 1. The molecule has 3 aromatic rings. The van der Waals surface area contributed by atoms with Gasteiger partial charge in [0.05, 0.1) is 50.1 Å². The number of aromatic nitrogens is 1. The van der Waals surface area contributed by atoms with E-state index in [1.807, 2.05) is 48.5 Å². The van der Waals surface area contributed by atoms with Gasteiger partial charge in [-0.1, -0.05) is 36.4 Å². The van der Waals surface area contributed by atoms with Crippen molar-refractivity contribution in [3.8, 4) is 0 Å². The van der Waals surface area contributed by atoms with Crippen LogP contribution >= 0.6 is 0 Å². The van der Waals surface area contributed by atoms with Crippen molar-refractivity contribution in [1.82, 2.24) is 4.98 Å². The molecule has 0 radical (unpaired) electrons. The van der Waals surface area contributed by atoms with Gasteiger partial charge in [-0.05, 0) is 24.3 Å². The molecule has 0 bridgehead atoms. The molecular weight excluding hydrogens is 324 g/mol. The summed E-state index contributed by atoms with van der Waals surface area (Å²) in [5.74, 6) is -0.178. The Morgan fingerprint density at radius 1 is 1.00 bits per heavy atom. The molecule has 2 aromatic carbocycles. The minimum Gasteiger partial charge on any atom is -0.359 e. The summed E-state index contributed by atoms with van der Waals surface area (Å²) in [6.45, 7) is 4.20. The minimum absolute atomic E-state index is 0.178. The third-order valence-electron chi connectivity index (χ3n) is 4.94. The van der Waals surface area contributed by atoms with E-state index in [-0.39, 0.29) is 5.91 Å². The van der Waals surface area contributed by atoms with Gasteiger partial charge in [0, 0.05) is 5.39 Å². The minimum atomic E-state index is -0.178. The van der Waals surface area contributed by atoms with Crippen LogP contribution in [0.2, 0.25) is 0 Å². The highest BCUT2D eigenvalue weighted by Gasteiger charge is 2.20. The summed E-state index contributed by atoms with van der Waals surface area (Å²) in [5.41, 5.74) is 3.18. The summed E-state index contributed by atoms with van der Waals surface area (Å²) >= 11 is 0. The first-order chi connectivity index (χ1) is 12.7. The van der Waals surface area contributed by atoms with Crippen molar-refractivity contribution in [2.24, 2.45) is 0 Å². The molecule has 2 N–H and O–H groups in total. The number of fused-ring (bicyclic) bond motifs is 1. The molecule has 1 aliphatic heterocycles. The number of hydrogen-bond acceptors (Lipinski definition) is 3. The van der Waals surface area contributed by atoms with Gasteiger partial charge in [-0.15, -0.1) is 0 Å². The van der Waals surface area contributed by atoms with Crippen LogP contribution in [0.3, 0.4) is 0 Å². The van der Waals surface area contributed by atoms with Gasteiger partial charge in [0.1, 0.15) is 5.69 Å². The lowest BCUT2D eigenvalue weighted by molar-refractivity contribution is -0.880. The Kier molecular flexibility index (Phi) is 4.54. The average Bonchev–Trinajstić information content (AvgIpc) is 2.69. The van der Waals surface area contributed by atoms with Crippen LogP contribution in [-0.2, 0) is 0 Å². The van der Waals surface area contributed by atoms with Crippen LogP contribution in [0.1, 0.15) is 10.5 Å². The van der Waals surface area contributed by atoms with E-state index >= 15 is 0 Å². The topological polar surface area (TPSA) is 49.7 Å². The second-order valence-electron chi connectivity index (χ2n) is 6.80. The number of likely N-dealkylation sites (N-methyl/N-ethyl adjacent to an activating group) is 1. The predicted octanol–water partition coefficient (Wildman–Crippen LogP) is 1.82. The number of benzene rings is 2. The van der Waals surface area contributed by atoms with Crippen molar-refractivity contribution in [3.05, 3.63) is 66.4 Å². The largest absolute Gasteiger partial charge is 0.359 e. The Morgan fingerprint density at radius 3 is 2.58 bits per heavy atom. The van der Waals surface area contributed by atoms with Gasteiger partial charge in [0.15, 0.2) is 0 Å². The highest BCUT2D eigenvalue weighted by Crippen LogP contribution is 2.26. The molecule has 5 nitrogen and oxygen atoms in total. The maximum Gasteiger partial charge on any atom is 0.274 e. The van der Waals surface area contributed by atoms with Gasteiger partial charge in [-0.2, -0.15) is 0 Å². The van der Waals surface area contributed by atoms with Crippen LogP contribution < -0.4 is 15.1 Å². The molecule has 1 aromatic heterocycles. The van der Waals surface area contributed by atoms with Crippen LogP contribution in [0.25, 0.3) is 10.9 Å². The van der Waals surface area contributed by atoms with Crippen LogP contribution in [-0.4, -0.2) is 44.1 Å². The average molecular weight is 347 g/mol. The number of para-hydroxylation sites is 3. The van der Waals surface area contributed by atoms with E-state index in [0.717, 1.165) is 48.5 Å². The van der Waals surface area contributed by atoms with E-state index in [0.29, 0.717) is 5.69 Å². The van der Waals surface area contributed by atoms with Gasteiger partial charge < -0.3 is 15.1 Å². The molecule has 26 heavy (non-hydrogen) atoms. The maximum absolute atomic E-state index is 12.7. The quantitative estimate of drug-likeness (QED) is 0.760. The molecular formula is C21H23N4O+. The van der Waals surface area contributed by atoms with E-state index in [4.69, 9.17) is 0 Å². The zero-order valence-corrected chi connectivity index (χ0v) is 14.9. The van der Waals surface area contributed by atoms with Crippen LogP contribution in [0, 0.1) is 0 Å². The van der Waals surface area contributed by atoms with Crippen molar-refractivity contribution in [3.63, 3.8) is 0 Å². The molecule has 0 unspecified atom stereocenters. The Hall–Kier alpha value is -2.92. The molecule has 2 heterocycles. The zero-order valence-electron chi connectivity index (χ0n) is 14.9. The summed E-state index contributed by atoms with van der Waals surface area (Å²) in [6, 6.07) is 19.5. The normalized spacial score (nSPS) is 15.2. The lowest BCUT2D eigenvalue weighted by atomic mass is 10.2. The van der Waals surface area contributed by atoms with Crippen molar-refractivity contribution in [2.45, 2.75) is 0 Å². The van der Waals surface area contributed by atoms with E-state index in [2.05, 4.69) is 28.3 Å². The summed E-state index contributed by atoms with van der Waals surface area (Å²) in [7, 11) is 2.22. The van der Waals surface area contributed by atoms with Crippen LogP contribution in [0.5, 0.6) is 0 Å². The number of nitrogens with one attached hydrogen (secondary N) is 2. The number of nitrogens with zero attached hydrogens (tertiary/aromatic N) is 2. The molecule has 0 spiro atoms. The molecule has 132 valence electrons. The molecule has 1 saturated heterocycles. The first-order valence-electron chi connectivity index (χ1n) is 9.03. The van der Waals surface area contributed by atoms with Crippen molar-refractivity contribution < 1.29 is 9.69 Å². The van der Waals surface area contributed by atoms with E-state index in [1.165, 1.54) is 0 Å². The van der Waals surface area contributed by atoms with Gasteiger partial charge in [0.25, 0.3) is 5.91 Å².